The number of anilines is 1. The molecule has 3 heterocycles. The highest BCUT2D eigenvalue weighted by molar-refractivity contribution is 6.30. The zero-order valence-corrected chi connectivity index (χ0v) is 18.4. The molecule has 1 saturated heterocycles. The maximum atomic E-state index is 13.3. The molecule has 1 atom stereocenters. The van der Waals surface area contributed by atoms with Gasteiger partial charge in [0.05, 0.1) is 11.7 Å². The van der Waals surface area contributed by atoms with E-state index in [1.807, 2.05) is 43.3 Å². The minimum Gasteiger partial charge on any atom is -0.347 e. The lowest BCUT2D eigenvalue weighted by Crippen LogP contribution is -2.34. The van der Waals surface area contributed by atoms with Crippen molar-refractivity contribution in [2.45, 2.75) is 18.9 Å². The third-order valence-electron chi connectivity index (χ3n) is 5.37. The predicted molar refractivity (Wildman–Crippen MR) is 119 cm³/mol. The Hall–Kier alpha value is -3.26. The third-order valence-corrected chi connectivity index (χ3v) is 5.62. The predicted octanol–water partition coefficient (Wildman–Crippen LogP) is 2.93. The number of carbonyl (C=O) groups is 1. The molecule has 1 aromatic carbocycles. The van der Waals surface area contributed by atoms with Gasteiger partial charge in [-0.1, -0.05) is 23.7 Å². The second-order valence-corrected chi connectivity index (χ2v) is 8.14. The van der Waals surface area contributed by atoms with Gasteiger partial charge in [0.2, 0.25) is 5.95 Å². The zero-order chi connectivity index (χ0) is 22.1. The normalized spacial score (nSPS) is 15.9. The summed E-state index contributed by atoms with van der Waals surface area (Å²) in [6, 6.07) is 10.1. The van der Waals surface area contributed by atoms with Gasteiger partial charge in [-0.25, -0.2) is 14.6 Å². The van der Waals surface area contributed by atoms with Crippen molar-refractivity contribution in [1.82, 2.24) is 24.6 Å². The molecule has 0 N–H and O–H groups in total. The number of halogens is 1. The van der Waals surface area contributed by atoms with E-state index in [1.165, 1.54) is 23.9 Å². The first kappa shape index (κ1) is 21.0. The highest BCUT2D eigenvalue weighted by Crippen LogP contribution is 2.38. The second kappa shape index (κ2) is 8.47. The maximum Gasteiger partial charge on any atom is 0.274 e. The highest BCUT2D eigenvalue weighted by Gasteiger charge is 2.34. The fourth-order valence-corrected chi connectivity index (χ4v) is 3.89. The SMILES string of the molecule is CN(C)c1ncc(-c2ccc(Cl)cc2)c([C@@H]2CCCN2C(=O)c2ccc(=O)n(C)n2)n1. The van der Waals surface area contributed by atoms with E-state index in [1.54, 1.807) is 11.1 Å². The van der Waals surface area contributed by atoms with Crippen LogP contribution in [0.25, 0.3) is 11.1 Å². The van der Waals surface area contributed by atoms with Crippen molar-refractivity contribution in [2.24, 2.45) is 7.05 Å². The van der Waals surface area contributed by atoms with Crippen LogP contribution in [0.2, 0.25) is 5.02 Å². The first-order chi connectivity index (χ1) is 14.8. The van der Waals surface area contributed by atoms with Gasteiger partial charge in [0, 0.05) is 50.5 Å². The standard InChI is InChI=1S/C22H23ClN6O2/c1-27(2)22-24-13-16(14-6-8-15(23)9-7-14)20(25-22)18-5-4-12-29(18)21(31)17-10-11-19(30)28(3)26-17/h6-11,13,18H,4-5,12H2,1-3H3/t18-/m0/s1. The van der Waals surface area contributed by atoms with Crippen LogP contribution in [0, 0.1) is 0 Å². The minimum atomic E-state index is -0.258. The van der Waals surface area contributed by atoms with E-state index in [0.717, 1.165) is 29.7 Å². The van der Waals surface area contributed by atoms with Crippen LogP contribution in [0.3, 0.4) is 0 Å². The van der Waals surface area contributed by atoms with Crippen molar-refractivity contribution in [2.75, 3.05) is 25.5 Å². The summed E-state index contributed by atoms with van der Waals surface area (Å²) in [6.07, 6.45) is 3.43. The molecular weight excluding hydrogens is 416 g/mol. The molecule has 3 aromatic rings. The molecule has 160 valence electrons. The van der Waals surface area contributed by atoms with Crippen molar-refractivity contribution in [3.8, 4) is 11.1 Å². The summed E-state index contributed by atoms with van der Waals surface area (Å²) in [5.74, 6) is 0.359. The summed E-state index contributed by atoms with van der Waals surface area (Å²) in [5.41, 5.74) is 2.57. The number of aromatic nitrogens is 4. The first-order valence-corrected chi connectivity index (χ1v) is 10.4. The summed E-state index contributed by atoms with van der Waals surface area (Å²) in [6.45, 7) is 0.593. The van der Waals surface area contributed by atoms with Crippen molar-refractivity contribution < 1.29 is 4.79 Å². The number of benzene rings is 1. The van der Waals surface area contributed by atoms with Gasteiger partial charge in [0.1, 0.15) is 5.69 Å². The summed E-state index contributed by atoms with van der Waals surface area (Å²) in [5, 5.41) is 4.79. The van der Waals surface area contributed by atoms with Gasteiger partial charge in [-0.15, -0.1) is 0 Å². The molecular formula is C22H23ClN6O2. The van der Waals surface area contributed by atoms with Crippen LogP contribution in [0.5, 0.6) is 0 Å². The topological polar surface area (TPSA) is 84.2 Å². The summed E-state index contributed by atoms with van der Waals surface area (Å²) >= 11 is 6.07. The molecule has 9 heteroatoms. The van der Waals surface area contributed by atoms with Gasteiger partial charge in [-0.3, -0.25) is 9.59 Å². The Morgan fingerprint density at radius 3 is 2.58 bits per heavy atom. The zero-order valence-electron chi connectivity index (χ0n) is 17.6. The number of rotatable bonds is 4. The van der Waals surface area contributed by atoms with Gasteiger partial charge in [0.25, 0.3) is 11.5 Å². The van der Waals surface area contributed by atoms with E-state index in [2.05, 4.69) is 10.1 Å². The van der Waals surface area contributed by atoms with Crippen LogP contribution < -0.4 is 10.5 Å². The fourth-order valence-electron chi connectivity index (χ4n) is 3.76. The van der Waals surface area contributed by atoms with Crippen LogP contribution in [-0.2, 0) is 7.05 Å². The molecule has 31 heavy (non-hydrogen) atoms. The van der Waals surface area contributed by atoms with E-state index in [-0.39, 0.29) is 23.2 Å². The number of nitrogens with zero attached hydrogens (tertiary/aromatic N) is 6. The van der Waals surface area contributed by atoms with Crippen LogP contribution >= 0.6 is 11.6 Å². The first-order valence-electron chi connectivity index (χ1n) is 10.0. The highest BCUT2D eigenvalue weighted by atomic mass is 35.5. The second-order valence-electron chi connectivity index (χ2n) is 7.71. The van der Waals surface area contributed by atoms with Gasteiger partial charge in [-0.05, 0) is 36.6 Å². The molecule has 4 rings (SSSR count). The number of carbonyl (C=O) groups excluding carboxylic acids is 1. The summed E-state index contributed by atoms with van der Waals surface area (Å²) < 4.78 is 1.17. The quantitative estimate of drug-likeness (QED) is 0.622. The largest absolute Gasteiger partial charge is 0.347 e. The van der Waals surface area contributed by atoms with Gasteiger partial charge in [0.15, 0.2) is 0 Å². The third kappa shape index (κ3) is 4.16. The van der Waals surface area contributed by atoms with Crippen molar-refractivity contribution in [3.63, 3.8) is 0 Å². The van der Waals surface area contributed by atoms with E-state index in [0.29, 0.717) is 17.5 Å². The molecule has 0 aliphatic carbocycles. The number of amides is 1. The number of hydrogen-bond donors (Lipinski definition) is 0. The van der Waals surface area contributed by atoms with Gasteiger partial charge in [-0.2, -0.15) is 5.10 Å². The lowest BCUT2D eigenvalue weighted by molar-refractivity contribution is 0.0724. The Balaban J connectivity index is 1.78. The van der Waals surface area contributed by atoms with Crippen LogP contribution in [0.15, 0.2) is 47.4 Å². The number of likely N-dealkylation sites (tertiary alicyclic amines) is 1. The molecule has 1 amide bonds. The molecule has 0 bridgehead atoms. The molecule has 2 aromatic heterocycles. The average Bonchev–Trinajstić information content (AvgIpc) is 3.25. The summed E-state index contributed by atoms with van der Waals surface area (Å²) in [7, 11) is 5.30. The minimum absolute atomic E-state index is 0.217. The maximum absolute atomic E-state index is 13.3. The Labute approximate surface area is 185 Å². The monoisotopic (exact) mass is 438 g/mol. The van der Waals surface area contributed by atoms with Crippen LogP contribution in [-0.4, -0.2) is 51.2 Å². The lowest BCUT2D eigenvalue weighted by atomic mass is 9.99. The van der Waals surface area contributed by atoms with E-state index in [4.69, 9.17) is 16.6 Å². The van der Waals surface area contributed by atoms with E-state index < -0.39 is 0 Å². The Morgan fingerprint density at radius 2 is 1.90 bits per heavy atom. The molecule has 0 radical (unpaired) electrons. The van der Waals surface area contributed by atoms with Crippen LogP contribution in [0.4, 0.5) is 5.95 Å². The van der Waals surface area contributed by atoms with Crippen LogP contribution in [0.1, 0.15) is 35.1 Å². The lowest BCUT2D eigenvalue weighted by Gasteiger charge is -2.26. The van der Waals surface area contributed by atoms with Gasteiger partial charge >= 0.3 is 0 Å². The molecule has 0 spiro atoms. The molecule has 1 fully saturated rings. The fraction of sp³-hybridized carbons (Fsp3) is 0.318. The molecule has 0 saturated carbocycles. The summed E-state index contributed by atoms with van der Waals surface area (Å²) in [4.78, 5) is 37.9. The smallest absolute Gasteiger partial charge is 0.274 e. The average molecular weight is 439 g/mol. The molecule has 1 aliphatic rings. The van der Waals surface area contributed by atoms with E-state index in [9.17, 15) is 9.59 Å². The molecule has 8 nitrogen and oxygen atoms in total. The van der Waals surface area contributed by atoms with E-state index >= 15 is 0 Å². The molecule has 1 aliphatic heterocycles. The number of hydrogen-bond acceptors (Lipinski definition) is 6. The Kier molecular flexibility index (Phi) is 5.73. The number of aryl methyl sites for hydroxylation is 1. The Morgan fingerprint density at radius 1 is 1.16 bits per heavy atom. The van der Waals surface area contributed by atoms with Gasteiger partial charge < -0.3 is 9.80 Å². The van der Waals surface area contributed by atoms with Crippen molar-refractivity contribution >= 4 is 23.5 Å². The van der Waals surface area contributed by atoms with Crippen molar-refractivity contribution in [1.29, 1.82) is 0 Å². The molecule has 0 unspecified atom stereocenters. The Bertz CT molecular complexity index is 1180. The van der Waals surface area contributed by atoms with Crippen molar-refractivity contribution in [3.05, 3.63) is 69.4 Å².